The van der Waals surface area contributed by atoms with Crippen LogP contribution >= 0.6 is 0 Å². The molecule has 2 aliphatic rings. The summed E-state index contributed by atoms with van der Waals surface area (Å²) in [6.07, 6.45) is 0.926. The average molecular weight is 356 g/mol. The molecule has 2 aliphatic heterocycles. The van der Waals surface area contributed by atoms with E-state index in [1.807, 2.05) is 12.1 Å². The first-order chi connectivity index (χ1) is 12.6. The fourth-order valence-corrected chi connectivity index (χ4v) is 3.62. The number of carbonyl (C=O) groups excluding carboxylic acids is 1. The van der Waals surface area contributed by atoms with Crippen LogP contribution in [0.2, 0.25) is 0 Å². The van der Waals surface area contributed by atoms with Gasteiger partial charge in [-0.2, -0.15) is 0 Å². The monoisotopic (exact) mass is 356 g/mol. The number of rotatable bonds is 4. The summed E-state index contributed by atoms with van der Waals surface area (Å²) < 4.78 is 16.9. The zero-order valence-corrected chi connectivity index (χ0v) is 14.8. The third kappa shape index (κ3) is 2.70. The number of hydrogen-bond acceptors (Lipinski definition) is 5. The predicted molar refractivity (Wildman–Crippen MR) is 95.9 cm³/mol. The molecule has 7 nitrogen and oxygen atoms in total. The fraction of sp³-hybridized carbons (Fsp3) is 0.316. The number of nitrogens with one attached hydrogen (secondary N) is 2. The fourth-order valence-electron chi connectivity index (χ4n) is 3.62. The van der Waals surface area contributed by atoms with Crippen molar-refractivity contribution in [2.45, 2.75) is 12.6 Å². The largest absolute Gasteiger partial charge is 0.492 e. The molecule has 2 heterocycles. The van der Waals surface area contributed by atoms with Gasteiger partial charge in [0.2, 0.25) is 18.4 Å². The lowest BCUT2D eigenvalue weighted by atomic mass is 9.94. The average Bonchev–Trinajstić information content (AvgIpc) is 3.11. The Morgan fingerprint density at radius 1 is 1.31 bits per heavy atom. The molecule has 2 aromatic rings. The van der Waals surface area contributed by atoms with Gasteiger partial charge in [0.05, 0.1) is 26.3 Å². The van der Waals surface area contributed by atoms with Crippen LogP contribution in [0.3, 0.4) is 0 Å². The van der Waals surface area contributed by atoms with Crippen molar-refractivity contribution in [3.8, 4) is 17.2 Å². The number of likely N-dealkylation sites (N-methyl/N-ethyl adjacent to an activating group) is 1. The van der Waals surface area contributed by atoms with Crippen molar-refractivity contribution in [2.24, 2.45) is 5.73 Å². The smallest absolute Gasteiger partial charge is 0.248 e. The summed E-state index contributed by atoms with van der Waals surface area (Å²) in [5.74, 6) is 1.69. The summed E-state index contributed by atoms with van der Waals surface area (Å²) in [4.78, 5) is 12.6. The SMILES string of the molecule is COc1c2c(cc3c1[C@H](Nc1ccc(C(N)=O)cc1)[NH+](C)CC3)OCO2. The number of ether oxygens (including phenoxy) is 3. The van der Waals surface area contributed by atoms with Crippen molar-refractivity contribution in [1.82, 2.24) is 0 Å². The Hall–Kier alpha value is -2.93. The van der Waals surface area contributed by atoms with Crippen LogP contribution in [0.15, 0.2) is 30.3 Å². The second-order valence-electron chi connectivity index (χ2n) is 6.58. The molecule has 0 aliphatic carbocycles. The highest BCUT2D eigenvalue weighted by Gasteiger charge is 2.36. The van der Waals surface area contributed by atoms with Crippen LogP contribution in [0.4, 0.5) is 5.69 Å². The molecule has 0 aromatic heterocycles. The maximum absolute atomic E-state index is 11.3. The topological polar surface area (TPSA) is 87.2 Å². The highest BCUT2D eigenvalue weighted by atomic mass is 16.7. The van der Waals surface area contributed by atoms with Gasteiger partial charge in [-0.25, -0.2) is 0 Å². The number of benzene rings is 2. The lowest BCUT2D eigenvalue weighted by molar-refractivity contribution is -0.910. The number of primary amides is 1. The second-order valence-corrected chi connectivity index (χ2v) is 6.58. The number of methoxy groups -OCH3 is 1. The minimum Gasteiger partial charge on any atom is -0.492 e. The zero-order chi connectivity index (χ0) is 18.3. The molecule has 4 rings (SSSR count). The molecule has 0 fully saturated rings. The summed E-state index contributed by atoms with van der Waals surface area (Å²) in [6.45, 7) is 1.19. The highest BCUT2D eigenvalue weighted by molar-refractivity contribution is 5.93. The Balaban J connectivity index is 1.72. The van der Waals surface area contributed by atoms with E-state index in [0.29, 0.717) is 11.3 Å². The quantitative estimate of drug-likeness (QED) is 0.751. The Morgan fingerprint density at radius 3 is 2.77 bits per heavy atom. The molecule has 2 aromatic carbocycles. The van der Waals surface area contributed by atoms with E-state index < -0.39 is 5.91 Å². The third-order valence-corrected chi connectivity index (χ3v) is 5.00. The number of amides is 1. The molecule has 0 bridgehead atoms. The van der Waals surface area contributed by atoms with Crippen LogP contribution in [0.25, 0.3) is 0 Å². The third-order valence-electron chi connectivity index (χ3n) is 5.00. The van der Waals surface area contributed by atoms with Gasteiger partial charge < -0.3 is 30.2 Å². The summed E-state index contributed by atoms with van der Waals surface area (Å²) >= 11 is 0. The predicted octanol–water partition coefficient (Wildman–Crippen LogP) is 0.704. The molecule has 0 spiro atoms. The molecule has 7 heteroatoms. The Morgan fingerprint density at radius 2 is 2.08 bits per heavy atom. The first-order valence-electron chi connectivity index (χ1n) is 8.56. The molecule has 2 atom stereocenters. The Labute approximate surface area is 151 Å². The van der Waals surface area contributed by atoms with Crippen LogP contribution in [-0.4, -0.2) is 33.4 Å². The maximum Gasteiger partial charge on any atom is 0.248 e. The molecule has 0 saturated carbocycles. The van der Waals surface area contributed by atoms with Gasteiger partial charge in [-0.05, 0) is 35.9 Å². The first-order valence-corrected chi connectivity index (χ1v) is 8.56. The number of quaternary nitrogens is 1. The summed E-state index contributed by atoms with van der Waals surface area (Å²) in [7, 11) is 3.79. The van der Waals surface area contributed by atoms with Crippen molar-refractivity contribution in [3.05, 3.63) is 47.0 Å². The van der Waals surface area contributed by atoms with Crippen LogP contribution < -0.4 is 30.2 Å². The lowest BCUT2D eigenvalue weighted by Crippen LogP contribution is -3.11. The van der Waals surface area contributed by atoms with Gasteiger partial charge in [-0.3, -0.25) is 4.79 Å². The van der Waals surface area contributed by atoms with Crippen LogP contribution in [0.5, 0.6) is 17.2 Å². The van der Waals surface area contributed by atoms with Gasteiger partial charge >= 0.3 is 0 Å². The van der Waals surface area contributed by atoms with E-state index in [9.17, 15) is 4.79 Å². The molecule has 0 saturated heterocycles. The molecular formula is C19H22N3O4+. The zero-order valence-electron chi connectivity index (χ0n) is 14.8. The standard InChI is InChI=1S/C19H21N3O4/c1-22-8-7-12-9-14-16(26-10-25-14)17(24-2)15(12)19(22)21-13-5-3-11(4-6-13)18(20)23/h3-6,9,19,21H,7-8,10H2,1-2H3,(H2,20,23)/p+1/t19-/m1/s1. The maximum atomic E-state index is 11.3. The number of hydrogen-bond donors (Lipinski definition) is 3. The Bertz CT molecular complexity index is 851. The van der Waals surface area contributed by atoms with E-state index in [4.69, 9.17) is 19.9 Å². The van der Waals surface area contributed by atoms with Crippen LogP contribution in [0, 0.1) is 0 Å². The van der Waals surface area contributed by atoms with Crippen LogP contribution in [-0.2, 0) is 6.42 Å². The van der Waals surface area contributed by atoms with E-state index in [-0.39, 0.29) is 13.0 Å². The van der Waals surface area contributed by atoms with Crippen LogP contribution in [0.1, 0.15) is 27.7 Å². The van der Waals surface area contributed by atoms with Gasteiger partial charge in [0.25, 0.3) is 0 Å². The van der Waals surface area contributed by atoms with Crippen molar-refractivity contribution in [3.63, 3.8) is 0 Å². The minimum absolute atomic E-state index is 0.0115. The molecule has 0 radical (unpaired) electrons. The molecule has 136 valence electrons. The van der Waals surface area contributed by atoms with E-state index in [2.05, 4.69) is 18.4 Å². The molecule has 4 N–H and O–H groups in total. The van der Waals surface area contributed by atoms with Gasteiger partial charge in [-0.15, -0.1) is 0 Å². The summed E-state index contributed by atoms with van der Waals surface area (Å²) in [5.41, 5.74) is 8.99. The normalized spacial score (nSPS) is 20.4. The van der Waals surface area contributed by atoms with E-state index in [1.54, 1.807) is 19.2 Å². The molecule has 1 amide bonds. The molecule has 26 heavy (non-hydrogen) atoms. The lowest BCUT2D eigenvalue weighted by Gasteiger charge is -2.33. The van der Waals surface area contributed by atoms with E-state index in [1.165, 1.54) is 10.5 Å². The first kappa shape index (κ1) is 16.5. The van der Waals surface area contributed by atoms with Gasteiger partial charge in [0.15, 0.2) is 17.7 Å². The second kappa shape index (κ2) is 6.42. The minimum atomic E-state index is -0.434. The Kier molecular flexibility index (Phi) is 4.08. The molecular weight excluding hydrogens is 334 g/mol. The van der Waals surface area contributed by atoms with E-state index >= 15 is 0 Å². The van der Waals surface area contributed by atoms with Gasteiger partial charge in [-0.1, -0.05) is 0 Å². The number of fused-ring (bicyclic) bond motifs is 2. The van der Waals surface area contributed by atoms with Crippen molar-refractivity contribution >= 4 is 11.6 Å². The number of carbonyl (C=O) groups is 1. The van der Waals surface area contributed by atoms with E-state index in [0.717, 1.165) is 35.7 Å². The van der Waals surface area contributed by atoms with Gasteiger partial charge in [0.1, 0.15) is 0 Å². The summed E-state index contributed by atoms with van der Waals surface area (Å²) in [6, 6.07) is 9.22. The molecule has 1 unspecified atom stereocenters. The number of nitrogens with two attached hydrogens (primary N) is 1. The van der Waals surface area contributed by atoms with Crippen molar-refractivity contribution < 1.29 is 23.9 Å². The number of anilines is 1. The van der Waals surface area contributed by atoms with Gasteiger partial charge in [0, 0.05) is 17.7 Å². The van der Waals surface area contributed by atoms with Crippen molar-refractivity contribution in [1.29, 1.82) is 0 Å². The highest BCUT2D eigenvalue weighted by Crippen LogP contribution is 2.47. The summed E-state index contributed by atoms with van der Waals surface area (Å²) in [5, 5.41) is 3.55. The van der Waals surface area contributed by atoms with Crippen molar-refractivity contribution in [2.75, 3.05) is 32.8 Å².